The molecule has 4 rings (SSSR count). The molecule has 0 fully saturated rings. The first-order valence-corrected chi connectivity index (χ1v) is 8.80. The lowest BCUT2D eigenvalue weighted by Gasteiger charge is -2.20. The molecule has 26 heavy (non-hydrogen) atoms. The maximum atomic E-state index is 14.0. The van der Waals surface area contributed by atoms with Crippen LogP contribution < -0.4 is 0 Å². The van der Waals surface area contributed by atoms with Crippen LogP contribution >= 0.6 is 0 Å². The second-order valence-electron chi connectivity index (χ2n) is 6.74. The minimum Gasteiger partial charge on any atom is -0.508 e. The number of phenols is 1. The summed E-state index contributed by atoms with van der Waals surface area (Å²) in [6.07, 6.45) is 8.61. The van der Waals surface area contributed by atoms with Gasteiger partial charge in [0.05, 0.1) is 11.6 Å². The number of allylic oxidation sites excluding steroid dienone is 3. The number of hydrogen-bond acceptors (Lipinski definition) is 2. The van der Waals surface area contributed by atoms with Gasteiger partial charge in [0.1, 0.15) is 17.4 Å². The van der Waals surface area contributed by atoms with Gasteiger partial charge in [-0.05, 0) is 54.7 Å². The monoisotopic (exact) mass is 351 g/mol. The van der Waals surface area contributed by atoms with Gasteiger partial charge in [0.2, 0.25) is 0 Å². The van der Waals surface area contributed by atoms with Crippen molar-refractivity contribution in [3.05, 3.63) is 83.5 Å². The quantitative estimate of drug-likeness (QED) is 0.801. The highest BCUT2D eigenvalue weighted by molar-refractivity contribution is 6.02. The standard InChI is InChI=1S/C22H19F2NO/c23-18-2-1-3-19(24)22(18)21-13-12-20(25-21)16-6-4-14(5-7-16)15-8-10-17(26)11-9-15/h1-6,8-11,16,20,26H,7,12-13H2/t16?,20-/m1/s1. The van der Waals surface area contributed by atoms with Crippen molar-refractivity contribution in [1.29, 1.82) is 0 Å². The molecule has 1 unspecified atom stereocenters. The van der Waals surface area contributed by atoms with Crippen LogP contribution in [0.25, 0.3) is 5.57 Å². The predicted octanol–water partition coefficient (Wildman–Crippen LogP) is 5.28. The summed E-state index contributed by atoms with van der Waals surface area (Å²) in [5.74, 6) is -0.598. The SMILES string of the molecule is Oc1ccc(C2=CCC([C@H]3CCC(c4c(F)cccc4F)=N3)C=C2)cc1. The van der Waals surface area contributed by atoms with Gasteiger partial charge in [-0.1, -0.05) is 36.4 Å². The Labute approximate surface area is 151 Å². The second kappa shape index (κ2) is 6.87. The van der Waals surface area contributed by atoms with E-state index in [1.54, 1.807) is 12.1 Å². The molecular weight excluding hydrogens is 332 g/mol. The van der Waals surface area contributed by atoms with Crippen molar-refractivity contribution in [1.82, 2.24) is 0 Å². The van der Waals surface area contributed by atoms with Gasteiger partial charge in [-0.2, -0.15) is 0 Å². The average Bonchev–Trinajstić information content (AvgIpc) is 3.12. The van der Waals surface area contributed by atoms with Crippen LogP contribution in [0.2, 0.25) is 0 Å². The number of aliphatic imine (C=N–C) groups is 1. The first-order valence-electron chi connectivity index (χ1n) is 8.80. The average molecular weight is 351 g/mol. The molecule has 1 aliphatic carbocycles. The molecule has 1 N–H and O–H groups in total. The van der Waals surface area contributed by atoms with E-state index < -0.39 is 11.6 Å². The number of benzene rings is 2. The molecule has 2 atom stereocenters. The smallest absolute Gasteiger partial charge is 0.135 e. The third-order valence-electron chi connectivity index (χ3n) is 5.08. The van der Waals surface area contributed by atoms with E-state index in [9.17, 15) is 13.9 Å². The third-order valence-corrected chi connectivity index (χ3v) is 5.08. The fourth-order valence-electron chi connectivity index (χ4n) is 3.68. The van der Waals surface area contributed by atoms with Crippen LogP contribution in [0.3, 0.4) is 0 Å². The van der Waals surface area contributed by atoms with E-state index in [1.165, 1.54) is 18.2 Å². The molecule has 0 saturated heterocycles. The summed E-state index contributed by atoms with van der Waals surface area (Å²) in [4.78, 5) is 4.64. The molecule has 0 bridgehead atoms. The van der Waals surface area contributed by atoms with E-state index in [4.69, 9.17) is 0 Å². The zero-order chi connectivity index (χ0) is 18.1. The Morgan fingerprint density at radius 2 is 1.73 bits per heavy atom. The number of nitrogens with zero attached hydrogens (tertiary/aromatic N) is 1. The molecule has 0 spiro atoms. The fraction of sp³-hybridized carbons (Fsp3) is 0.227. The molecule has 2 aromatic rings. The summed E-state index contributed by atoms with van der Waals surface area (Å²) in [5, 5.41) is 9.39. The van der Waals surface area contributed by atoms with Crippen molar-refractivity contribution in [2.75, 3.05) is 0 Å². The van der Waals surface area contributed by atoms with E-state index in [2.05, 4.69) is 23.2 Å². The molecule has 0 radical (unpaired) electrons. The van der Waals surface area contributed by atoms with Crippen LogP contribution in [0.5, 0.6) is 5.75 Å². The highest BCUT2D eigenvalue weighted by atomic mass is 19.1. The minimum atomic E-state index is -0.543. The summed E-state index contributed by atoms with van der Waals surface area (Å²) in [7, 11) is 0. The van der Waals surface area contributed by atoms with Crippen LogP contribution in [0.1, 0.15) is 30.4 Å². The molecule has 2 aliphatic rings. The Morgan fingerprint density at radius 3 is 2.38 bits per heavy atom. The van der Waals surface area contributed by atoms with Crippen molar-refractivity contribution >= 4 is 11.3 Å². The van der Waals surface area contributed by atoms with Crippen molar-refractivity contribution in [2.45, 2.75) is 25.3 Å². The second-order valence-corrected chi connectivity index (χ2v) is 6.74. The van der Waals surface area contributed by atoms with Gasteiger partial charge in [0, 0.05) is 11.6 Å². The highest BCUT2D eigenvalue weighted by Crippen LogP contribution is 2.33. The zero-order valence-electron chi connectivity index (χ0n) is 14.2. The van der Waals surface area contributed by atoms with E-state index in [-0.39, 0.29) is 23.3 Å². The van der Waals surface area contributed by atoms with Crippen LogP contribution in [0.15, 0.2) is 65.7 Å². The Hall–Kier alpha value is -2.75. The Balaban J connectivity index is 1.50. The molecule has 0 saturated carbocycles. The lowest BCUT2D eigenvalue weighted by molar-refractivity contribution is 0.475. The van der Waals surface area contributed by atoms with Gasteiger partial charge in [-0.15, -0.1) is 0 Å². The molecule has 1 heterocycles. The van der Waals surface area contributed by atoms with Gasteiger partial charge >= 0.3 is 0 Å². The fourth-order valence-corrected chi connectivity index (χ4v) is 3.68. The lowest BCUT2D eigenvalue weighted by atomic mass is 9.87. The summed E-state index contributed by atoms with van der Waals surface area (Å²) in [6.45, 7) is 0. The van der Waals surface area contributed by atoms with E-state index >= 15 is 0 Å². The van der Waals surface area contributed by atoms with E-state index in [1.807, 2.05) is 12.1 Å². The first kappa shape index (κ1) is 16.7. The number of halogens is 2. The summed E-state index contributed by atoms with van der Waals surface area (Å²) in [6, 6.07) is 11.1. The molecular formula is C22H19F2NO. The van der Waals surface area contributed by atoms with Gasteiger partial charge < -0.3 is 5.11 Å². The maximum absolute atomic E-state index is 14.0. The zero-order valence-corrected chi connectivity index (χ0v) is 14.2. The molecule has 0 amide bonds. The molecule has 0 aromatic heterocycles. The Kier molecular flexibility index (Phi) is 4.41. The normalized spacial score (nSPS) is 22.2. The van der Waals surface area contributed by atoms with Crippen LogP contribution in [-0.4, -0.2) is 16.9 Å². The van der Waals surface area contributed by atoms with Crippen LogP contribution in [-0.2, 0) is 0 Å². The summed E-state index contributed by atoms with van der Waals surface area (Å²) in [5.41, 5.74) is 2.73. The predicted molar refractivity (Wildman–Crippen MR) is 99.2 cm³/mol. The number of hydrogen-bond donors (Lipinski definition) is 1. The molecule has 2 nitrogen and oxygen atoms in total. The van der Waals surface area contributed by atoms with Crippen molar-refractivity contribution in [3.8, 4) is 5.75 Å². The number of rotatable bonds is 3. The molecule has 4 heteroatoms. The Bertz CT molecular complexity index is 892. The number of aromatic hydroxyl groups is 1. The lowest BCUT2D eigenvalue weighted by Crippen LogP contribution is -2.15. The van der Waals surface area contributed by atoms with Crippen molar-refractivity contribution in [3.63, 3.8) is 0 Å². The van der Waals surface area contributed by atoms with Crippen molar-refractivity contribution < 1.29 is 13.9 Å². The minimum absolute atomic E-state index is 0.0233. The van der Waals surface area contributed by atoms with Crippen molar-refractivity contribution in [2.24, 2.45) is 10.9 Å². The largest absolute Gasteiger partial charge is 0.508 e. The van der Waals surface area contributed by atoms with Crippen LogP contribution in [0, 0.1) is 17.6 Å². The highest BCUT2D eigenvalue weighted by Gasteiger charge is 2.28. The molecule has 2 aromatic carbocycles. The first-order chi connectivity index (χ1) is 12.6. The Morgan fingerprint density at radius 1 is 1.00 bits per heavy atom. The van der Waals surface area contributed by atoms with Gasteiger partial charge in [0.25, 0.3) is 0 Å². The van der Waals surface area contributed by atoms with Gasteiger partial charge in [0.15, 0.2) is 0 Å². The summed E-state index contributed by atoms with van der Waals surface area (Å²) < 4.78 is 28.0. The van der Waals surface area contributed by atoms with Gasteiger partial charge in [-0.25, -0.2) is 8.78 Å². The number of phenolic OH excluding ortho intramolecular Hbond substituents is 1. The van der Waals surface area contributed by atoms with Crippen LogP contribution in [0.4, 0.5) is 8.78 Å². The maximum Gasteiger partial charge on any atom is 0.135 e. The topological polar surface area (TPSA) is 32.6 Å². The molecule has 132 valence electrons. The summed E-state index contributed by atoms with van der Waals surface area (Å²) >= 11 is 0. The van der Waals surface area contributed by atoms with E-state index in [0.29, 0.717) is 12.1 Å². The molecule has 1 aliphatic heterocycles. The third kappa shape index (κ3) is 3.19. The van der Waals surface area contributed by atoms with E-state index in [0.717, 1.165) is 24.0 Å². The van der Waals surface area contributed by atoms with Gasteiger partial charge in [-0.3, -0.25) is 4.99 Å².